The van der Waals surface area contributed by atoms with Gasteiger partial charge in [-0.2, -0.15) is 0 Å². The number of hydrogen-bond acceptors (Lipinski definition) is 3. The zero-order chi connectivity index (χ0) is 17.8. The van der Waals surface area contributed by atoms with Crippen LogP contribution in [0.15, 0.2) is 30.4 Å². The molecular formula is C21H32O3. The third-order valence-electron chi connectivity index (χ3n) is 4.39. The van der Waals surface area contributed by atoms with Gasteiger partial charge in [-0.15, -0.1) is 0 Å². The van der Waals surface area contributed by atoms with Crippen LogP contribution in [0.2, 0.25) is 0 Å². The highest BCUT2D eigenvalue weighted by molar-refractivity contribution is 5.93. The monoisotopic (exact) mass is 332 g/mol. The van der Waals surface area contributed by atoms with E-state index in [-0.39, 0.29) is 17.3 Å². The number of phenols is 2. The van der Waals surface area contributed by atoms with Crippen molar-refractivity contribution in [2.45, 2.75) is 77.6 Å². The van der Waals surface area contributed by atoms with Gasteiger partial charge in [0.2, 0.25) is 0 Å². The van der Waals surface area contributed by atoms with Crippen molar-refractivity contribution in [1.29, 1.82) is 0 Å². The van der Waals surface area contributed by atoms with Gasteiger partial charge in [0.25, 0.3) is 0 Å². The maximum atomic E-state index is 11.4. The Balaban J connectivity index is 1.93. The van der Waals surface area contributed by atoms with Crippen LogP contribution in [0.3, 0.4) is 0 Å². The van der Waals surface area contributed by atoms with Gasteiger partial charge in [0.15, 0.2) is 5.78 Å². The fourth-order valence-electron chi connectivity index (χ4n) is 2.82. The van der Waals surface area contributed by atoms with Gasteiger partial charge in [0.1, 0.15) is 11.5 Å². The molecule has 1 aromatic carbocycles. The zero-order valence-corrected chi connectivity index (χ0v) is 15.0. The van der Waals surface area contributed by atoms with Crippen molar-refractivity contribution in [3.63, 3.8) is 0 Å². The third kappa shape index (κ3) is 8.76. The number of phenolic OH excluding ortho intramolecular Hbond substituents is 2. The molecule has 0 aliphatic rings. The summed E-state index contributed by atoms with van der Waals surface area (Å²) in [5.41, 5.74) is 1.51. The minimum atomic E-state index is 0.202. The van der Waals surface area contributed by atoms with Crippen LogP contribution < -0.4 is 0 Å². The van der Waals surface area contributed by atoms with E-state index in [4.69, 9.17) is 0 Å². The summed E-state index contributed by atoms with van der Waals surface area (Å²) in [6.07, 6.45) is 12.0. The number of carbonyl (C=O) groups excluding carboxylic acids is 1. The van der Waals surface area contributed by atoms with Crippen molar-refractivity contribution < 1.29 is 15.0 Å². The van der Waals surface area contributed by atoms with Gasteiger partial charge in [0.05, 0.1) is 0 Å². The maximum absolute atomic E-state index is 11.4. The molecule has 0 unspecified atom stereocenters. The summed E-state index contributed by atoms with van der Waals surface area (Å²) >= 11 is 0. The molecule has 0 radical (unpaired) electrons. The van der Waals surface area contributed by atoms with Crippen LogP contribution in [0.4, 0.5) is 0 Å². The summed E-state index contributed by atoms with van der Waals surface area (Å²) in [5, 5.41) is 19.1. The Morgan fingerprint density at radius 2 is 1.46 bits per heavy atom. The number of Topliss-reactive ketones (excluding diaryl/α,β-unsaturated/α-hetero) is 1. The molecule has 0 amide bonds. The van der Waals surface area contributed by atoms with Gasteiger partial charge in [-0.1, -0.05) is 51.5 Å². The number of aryl methyl sites for hydroxylation is 1. The molecule has 0 fully saturated rings. The molecule has 0 saturated carbocycles. The van der Waals surface area contributed by atoms with E-state index in [2.05, 4.69) is 6.58 Å². The first-order valence-corrected chi connectivity index (χ1v) is 9.20. The summed E-state index contributed by atoms with van der Waals surface area (Å²) in [7, 11) is 0. The highest BCUT2D eigenvalue weighted by Gasteiger charge is 2.03. The number of unbranched alkanes of at least 4 members (excludes halogenated alkanes) is 8. The maximum Gasteiger partial charge on any atom is 0.157 e. The largest absolute Gasteiger partial charge is 0.508 e. The third-order valence-corrected chi connectivity index (χ3v) is 4.39. The Labute approximate surface area is 146 Å². The topological polar surface area (TPSA) is 57.5 Å². The number of ketones is 1. The molecule has 0 atom stereocenters. The van der Waals surface area contributed by atoms with Crippen LogP contribution >= 0.6 is 0 Å². The van der Waals surface area contributed by atoms with Gasteiger partial charge in [-0.25, -0.2) is 0 Å². The first kappa shape index (κ1) is 20.3. The van der Waals surface area contributed by atoms with Crippen LogP contribution in [0.5, 0.6) is 11.5 Å². The van der Waals surface area contributed by atoms with Crippen LogP contribution in [0, 0.1) is 0 Å². The minimum absolute atomic E-state index is 0.202. The van der Waals surface area contributed by atoms with Crippen LogP contribution in [0.1, 0.15) is 76.7 Å². The van der Waals surface area contributed by atoms with E-state index in [9.17, 15) is 15.0 Å². The van der Waals surface area contributed by atoms with Gasteiger partial charge < -0.3 is 10.2 Å². The first-order valence-electron chi connectivity index (χ1n) is 9.20. The lowest BCUT2D eigenvalue weighted by molar-refractivity contribution is -0.115. The molecule has 0 aliphatic heterocycles. The Morgan fingerprint density at radius 3 is 2.04 bits per heavy atom. The summed E-state index contributed by atoms with van der Waals surface area (Å²) in [4.78, 5) is 11.4. The van der Waals surface area contributed by atoms with Crippen molar-refractivity contribution in [2.75, 3.05) is 0 Å². The highest BCUT2D eigenvalue weighted by atomic mass is 16.3. The van der Waals surface area contributed by atoms with E-state index in [0.717, 1.165) is 37.7 Å². The molecule has 0 aliphatic carbocycles. The quantitative estimate of drug-likeness (QED) is 0.277. The predicted molar refractivity (Wildman–Crippen MR) is 99.5 cm³/mol. The van der Waals surface area contributed by atoms with E-state index in [1.807, 2.05) is 0 Å². The predicted octanol–water partition coefficient (Wildman–Crippen LogP) is 5.69. The molecule has 0 spiro atoms. The van der Waals surface area contributed by atoms with Crippen molar-refractivity contribution in [1.82, 2.24) is 0 Å². The number of allylic oxidation sites excluding steroid dienone is 1. The lowest BCUT2D eigenvalue weighted by Crippen LogP contribution is -1.97. The molecule has 24 heavy (non-hydrogen) atoms. The lowest BCUT2D eigenvalue weighted by Gasteiger charge is -2.05. The van der Waals surface area contributed by atoms with Gasteiger partial charge in [-0.05, 0) is 55.5 Å². The molecule has 1 rings (SSSR count). The molecular weight excluding hydrogens is 300 g/mol. The molecule has 2 N–H and O–H groups in total. The lowest BCUT2D eigenvalue weighted by atomic mass is 10.0. The van der Waals surface area contributed by atoms with E-state index in [0.29, 0.717) is 12.0 Å². The summed E-state index contributed by atoms with van der Waals surface area (Å²) in [6, 6.07) is 4.70. The highest BCUT2D eigenvalue weighted by Crippen LogP contribution is 2.24. The zero-order valence-electron chi connectivity index (χ0n) is 15.0. The average Bonchev–Trinajstić information content (AvgIpc) is 2.55. The summed E-state index contributed by atoms with van der Waals surface area (Å²) in [6.45, 7) is 5.45. The van der Waals surface area contributed by atoms with E-state index < -0.39 is 0 Å². The molecule has 0 saturated heterocycles. The van der Waals surface area contributed by atoms with Gasteiger partial charge in [0, 0.05) is 6.42 Å². The fraction of sp³-hybridized carbons (Fsp3) is 0.571. The van der Waals surface area contributed by atoms with E-state index >= 15 is 0 Å². The summed E-state index contributed by atoms with van der Waals surface area (Å²) < 4.78 is 0. The molecule has 0 bridgehead atoms. The van der Waals surface area contributed by atoms with Crippen LogP contribution in [0.25, 0.3) is 0 Å². The molecule has 3 nitrogen and oxygen atoms in total. The Bertz CT molecular complexity index is 520. The van der Waals surface area contributed by atoms with E-state index in [1.54, 1.807) is 19.1 Å². The normalized spacial score (nSPS) is 10.7. The SMILES string of the molecule is C=C(C)C(=O)CCCCCCCCCCCc1cc(O)ccc1O. The van der Waals surface area contributed by atoms with Crippen LogP contribution in [-0.2, 0) is 11.2 Å². The second kappa shape index (κ2) is 11.7. The number of carbonyl (C=O) groups is 1. The molecule has 0 heterocycles. The Kier molecular flexibility index (Phi) is 9.90. The van der Waals surface area contributed by atoms with Crippen LogP contribution in [-0.4, -0.2) is 16.0 Å². The van der Waals surface area contributed by atoms with Gasteiger partial charge >= 0.3 is 0 Å². The van der Waals surface area contributed by atoms with Gasteiger partial charge in [-0.3, -0.25) is 4.79 Å². The second-order valence-corrected chi connectivity index (χ2v) is 6.70. The number of aromatic hydroxyl groups is 2. The van der Waals surface area contributed by atoms with E-state index in [1.165, 1.54) is 38.2 Å². The number of benzene rings is 1. The van der Waals surface area contributed by atoms with Crippen molar-refractivity contribution in [2.24, 2.45) is 0 Å². The standard InChI is InChI=1S/C21H32O3/c1-17(2)20(23)13-11-9-7-5-3-4-6-8-10-12-18-16-19(22)14-15-21(18)24/h14-16,22,24H,1,3-13H2,2H3. The average molecular weight is 332 g/mol. The molecule has 0 aromatic heterocycles. The number of rotatable bonds is 13. The first-order chi connectivity index (χ1) is 11.5. The van der Waals surface area contributed by atoms with Crippen molar-refractivity contribution in [3.8, 4) is 11.5 Å². The molecule has 1 aromatic rings. The smallest absolute Gasteiger partial charge is 0.157 e. The fourth-order valence-corrected chi connectivity index (χ4v) is 2.82. The molecule has 134 valence electrons. The minimum Gasteiger partial charge on any atom is -0.508 e. The summed E-state index contributed by atoms with van der Waals surface area (Å²) in [5.74, 6) is 0.693. The van der Waals surface area contributed by atoms with Crippen molar-refractivity contribution in [3.05, 3.63) is 35.9 Å². The second-order valence-electron chi connectivity index (χ2n) is 6.70. The Morgan fingerprint density at radius 1 is 0.917 bits per heavy atom. The Hall–Kier alpha value is -1.77. The molecule has 3 heteroatoms. The van der Waals surface area contributed by atoms with Crippen molar-refractivity contribution >= 4 is 5.78 Å². The number of hydrogen-bond donors (Lipinski definition) is 2.